The first-order valence-electron chi connectivity index (χ1n) is 6.94. The number of benzene rings is 1. The van der Waals surface area contributed by atoms with Crippen molar-refractivity contribution in [1.82, 2.24) is 4.90 Å². The maximum Gasteiger partial charge on any atom is 0.501 e. The third kappa shape index (κ3) is 3.55. The number of amides is 2. The molecule has 1 aromatic rings. The molecule has 0 spiro atoms. The molecule has 1 heterocycles. The van der Waals surface area contributed by atoms with E-state index < -0.39 is 32.1 Å². The topological polar surface area (TPSA) is 83.7 Å². The molecule has 1 aliphatic rings. The quantitative estimate of drug-likeness (QED) is 0.805. The van der Waals surface area contributed by atoms with Crippen molar-refractivity contribution >= 4 is 21.6 Å². The van der Waals surface area contributed by atoms with Crippen molar-refractivity contribution in [3.63, 3.8) is 0 Å². The zero-order chi connectivity index (χ0) is 18.1. The van der Waals surface area contributed by atoms with Gasteiger partial charge in [-0.3, -0.25) is 0 Å². The Morgan fingerprint density at radius 3 is 2.38 bits per heavy atom. The van der Waals surface area contributed by atoms with Crippen molar-refractivity contribution in [2.75, 3.05) is 31.1 Å². The van der Waals surface area contributed by atoms with Gasteiger partial charge in [0.15, 0.2) is 0 Å². The van der Waals surface area contributed by atoms with Crippen LogP contribution in [0.3, 0.4) is 0 Å². The highest BCUT2D eigenvalue weighted by Crippen LogP contribution is 2.36. The monoisotopic (exact) mass is 369 g/mol. The zero-order valence-electron chi connectivity index (χ0n) is 12.4. The number of sulfone groups is 1. The highest BCUT2D eigenvalue weighted by molar-refractivity contribution is 7.92. The summed E-state index contributed by atoms with van der Waals surface area (Å²) in [5.41, 5.74) is -0.620. The number of halogens is 4. The summed E-state index contributed by atoms with van der Waals surface area (Å²) in [5.74, 6) is -1.09. The molecule has 2 N–H and O–H groups in total. The summed E-state index contributed by atoms with van der Waals surface area (Å²) in [6.07, 6.45) is 0.381. The lowest BCUT2D eigenvalue weighted by Gasteiger charge is -2.25. The van der Waals surface area contributed by atoms with Gasteiger partial charge in [0.25, 0.3) is 9.84 Å². The zero-order valence-corrected chi connectivity index (χ0v) is 13.2. The smallest absolute Gasteiger partial charge is 0.369 e. The summed E-state index contributed by atoms with van der Waals surface area (Å²) in [6.45, 7) is 0.706. The van der Waals surface area contributed by atoms with E-state index in [1.165, 1.54) is 9.80 Å². The van der Waals surface area contributed by atoms with E-state index in [-0.39, 0.29) is 25.3 Å². The standard InChI is InChI=1S/C13H15F4N3O3S/c14-9-2-3-10(11(8-9)24(22,23)13(15,16)17)19-4-1-5-20(7-6-19)12(18)21/h2-3,8H,1,4-7H2,(H2,18,21). The lowest BCUT2D eigenvalue weighted by molar-refractivity contribution is -0.0435. The van der Waals surface area contributed by atoms with E-state index in [9.17, 15) is 30.8 Å². The van der Waals surface area contributed by atoms with Gasteiger partial charge in [-0.15, -0.1) is 0 Å². The molecule has 11 heteroatoms. The van der Waals surface area contributed by atoms with Crippen LogP contribution in [0.4, 0.5) is 28.0 Å². The summed E-state index contributed by atoms with van der Waals surface area (Å²) >= 11 is 0. The van der Waals surface area contributed by atoms with E-state index in [2.05, 4.69) is 0 Å². The molecule has 2 amide bonds. The maximum atomic E-state index is 13.4. The van der Waals surface area contributed by atoms with Gasteiger partial charge in [0.05, 0.1) is 5.69 Å². The predicted molar refractivity (Wildman–Crippen MR) is 77.6 cm³/mol. The van der Waals surface area contributed by atoms with E-state index >= 15 is 0 Å². The maximum absolute atomic E-state index is 13.4. The summed E-state index contributed by atoms with van der Waals surface area (Å²) in [5, 5.41) is 0. The molecule has 0 aliphatic carbocycles. The van der Waals surface area contributed by atoms with Gasteiger partial charge in [-0.1, -0.05) is 0 Å². The Kier molecular flexibility index (Phi) is 4.92. The molecule has 1 fully saturated rings. The van der Waals surface area contributed by atoms with Gasteiger partial charge < -0.3 is 15.5 Å². The number of alkyl halides is 3. The van der Waals surface area contributed by atoms with Crippen LogP contribution in [0.15, 0.2) is 23.1 Å². The van der Waals surface area contributed by atoms with Gasteiger partial charge in [-0.2, -0.15) is 13.2 Å². The minimum atomic E-state index is -5.71. The van der Waals surface area contributed by atoms with E-state index in [1.807, 2.05) is 0 Å². The SMILES string of the molecule is NC(=O)N1CCCN(c2ccc(F)cc2S(=O)(=O)C(F)(F)F)CC1. The Morgan fingerprint density at radius 1 is 1.12 bits per heavy atom. The Labute approximate surface area is 135 Å². The molecule has 0 bridgehead atoms. The molecule has 1 saturated heterocycles. The average Bonchev–Trinajstić information content (AvgIpc) is 2.72. The van der Waals surface area contributed by atoms with Crippen LogP contribution >= 0.6 is 0 Å². The van der Waals surface area contributed by atoms with Crippen LogP contribution in [0.1, 0.15) is 6.42 Å². The second kappa shape index (κ2) is 6.46. The van der Waals surface area contributed by atoms with Crippen molar-refractivity contribution in [2.24, 2.45) is 5.73 Å². The van der Waals surface area contributed by atoms with E-state index in [1.54, 1.807) is 0 Å². The number of hydrogen-bond acceptors (Lipinski definition) is 4. The van der Waals surface area contributed by atoms with Crippen molar-refractivity contribution in [2.45, 2.75) is 16.8 Å². The number of nitrogens with zero attached hydrogens (tertiary/aromatic N) is 2. The molecular formula is C13H15F4N3O3S. The van der Waals surface area contributed by atoms with E-state index in [0.29, 0.717) is 19.0 Å². The third-order valence-electron chi connectivity index (χ3n) is 3.66. The van der Waals surface area contributed by atoms with Gasteiger partial charge in [0.2, 0.25) is 0 Å². The molecule has 0 saturated carbocycles. The van der Waals surface area contributed by atoms with E-state index in [0.717, 1.165) is 12.1 Å². The summed E-state index contributed by atoms with van der Waals surface area (Å²) in [4.78, 5) is 12.7. The lowest BCUT2D eigenvalue weighted by Crippen LogP contribution is -2.39. The molecule has 0 radical (unpaired) electrons. The van der Waals surface area contributed by atoms with Crippen LogP contribution in [0.5, 0.6) is 0 Å². The van der Waals surface area contributed by atoms with E-state index in [4.69, 9.17) is 5.73 Å². The molecule has 1 aliphatic heterocycles. The Morgan fingerprint density at radius 2 is 1.79 bits per heavy atom. The van der Waals surface area contributed by atoms with Crippen molar-refractivity contribution in [3.8, 4) is 0 Å². The second-order valence-corrected chi connectivity index (χ2v) is 7.14. The molecule has 134 valence electrons. The highest BCUT2D eigenvalue weighted by atomic mass is 32.2. The number of primary amides is 1. The Hall–Kier alpha value is -2.04. The van der Waals surface area contributed by atoms with Gasteiger partial charge in [-0.05, 0) is 24.6 Å². The summed E-state index contributed by atoms with van der Waals surface area (Å²) in [6, 6.07) is 1.57. The van der Waals surface area contributed by atoms with Crippen LogP contribution < -0.4 is 10.6 Å². The Bertz CT molecular complexity index is 736. The Balaban J connectivity index is 2.43. The number of carbonyl (C=O) groups excluding carboxylic acids is 1. The highest BCUT2D eigenvalue weighted by Gasteiger charge is 2.48. The second-order valence-electron chi connectivity index (χ2n) is 5.23. The van der Waals surface area contributed by atoms with Crippen LogP contribution in [0, 0.1) is 5.82 Å². The molecular weight excluding hydrogens is 354 g/mol. The summed E-state index contributed by atoms with van der Waals surface area (Å²) in [7, 11) is -5.71. The van der Waals surface area contributed by atoms with Crippen LogP contribution in [0.25, 0.3) is 0 Å². The molecule has 1 aromatic carbocycles. The first-order chi connectivity index (χ1) is 11.0. The van der Waals surface area contributed by atoms with Gasteiger partial charge in [-0.25, -0.2) is 17.6 Å². The molecule has 0 unspecified atom stereocenters. The fourth-order valence-corrected chi connectivity index (χ4v) is 3.46. The van der Waals surface area contributed by atoms with Crippen LogP contribution in [0.2, 0.25) is 0 Å². The first-order valence-corrected chi connectivity index (χ1v) is 8.42. The minimum Gasteiger partial charge on any atom is -0.369 e. The molecule has 2 rings (SSSR count). The third-order valence-corrected chi connectivity index (χ3v) is 5.18. The number of carbonyl (C=O) groups is 1. The molecule has 6 nitrogen and oxygen atoms in total. The molecule has 0 aromatic heterocycles. The molecule has 24 heavy (non-hydrogen) atoms. The average molecular weight is 369 g/mol. The van der Waals surface area contributed by atoms with Gasteiger partial charge >= 0.3 is 11.5 Å². The normalized spacial score (nSPS) is 16.8. The van der Waals surface area contributed by atoms with Crippen LogP contribution in [-0.2, 0) is 9.84 Å². The van der Waals surface area contributed by atoms with Gasteiger partial charge in [0, 0.05) is 26.2 Å². The van der Waals surface area contributed by atoms with Crippen molar-refractivity contribution < 1.29 is 30.8 Å². The fraction of sp³-hybridized carbons (Fsp3) is 0.462. The first kappa shape index (κ1) is 18.3. The minimum absolute atomic E-state index is 0.0783. The lowest BCUT2D eigenvalue weighted by atomic mass is 10.2. The summed E-state index contributed by atoms with van der Waals surface area (Å²) < 4.78 is 75.4. The van der Waals surface area contributed by atoms with Crippen molar-refractivity contribution in [3.05, 3.63) is 24.0 Å². The fourth-order valence-electron chi connectivity index (χ4n) is 2.47. The number of rotatable bonds is 2. The number of urea groups is 1. The van der Waals surface area contributed by atoms with Crippen molar-refractivity contribution in [1.29, 1.82) is 0 Å². The largest absolute Gasteiger partial charge is 0.501 e. The van der Waals surface area contributed by atoms with Crippen LogP contribution in [-0.4, -0.2) is 51.0 Å². The predicted octanol–water partition coefficient (Wildman–Crippen LogP) is 1.71. The van der Waals surface area contributed by atoms with Gasteiger partial charge in [0.1, 0.15) is 10.7 Å². The number of hydrogen-bond donors (Lipinski definition) is 1. The number of anilines is 1. The molecule has 0 atom stereocenters. The number of nitrogens with two attached hydrogens (primary N) is 1.